The van der Waals surface area contributed by atoms with Crippen LogP contribution in [0.15, 0.2) is 66.7 Å². The van der Waals surface area contributed by atoms with E-state index in [1.165, 1.54) is 13.2 Å². The van der Waals surface area contributed by atoms with Crippen molar-refractivity contribution in [3.05, 3.63) is 89.2 Å². The highest BCUT2D eigenvalue weighted by atomic mass is 19.1. The molecule has 9 nitrogen and oxygen atoms in total. The van der Waals surface area contributed by atoms with Crippen LogP contribution in [0, 0.1) is 5.82 Å². The molecule has 43 heavy (non-hydrogen) atoms. The molecule has 2 aliphatic rings. The second kappa shape index (κ2) is 14.3. The predicted molar refractivity (Wildman–Crippen MR) is 158 cm³/mol. The monoisotopic (exact) mass is 592 g/mol. The maximum atomic E-state index is 14.7. The van der Waals surface area contributed by atoms with Crippen LogP contribution in [-0.4, -0.2) is 70.1 Å². The molecule has 0 saturated carbocycles. The van der Waals surface area contributed by atoms with Gasteiger partial charge in [-0.1, -0.05) is 42.5 Å². The minimum Gasteiger partial charge on any atom is -0.494 e. The largest absolute Gasteiger partial charge is 0.494 e. The number of hydrogen-bond donors (Lipinski definition) is 0. The normalized spacial score (nSPS) is 18.2. The number of carbonyl (C=O) groups excluding carboxylic acids is 2. The Kier molecular flexibility index (Phi) is 10.1. The first-order chi connectivity index (χ1) is 21.0. The second-order valence-electron chi connectivity index (χ2n) is 10.6. The average molecular weight is 593 g/mol. The number of piperidine rings is 1. The summed E-state index contributed by atoms with van der Waals surface area (Å²) < 4.78 is 42.7. The maximum Gasteiger partial charge on any atom is 0.410 e. The number of benzene rings is 3. The lowest BCUT2D eigenvalue weighted by atomic mass is 9.87. The second-order valence-corrected chi connectivity index (χ2v) is 10.6. The number of carbonyl (C=O) groups is 2. The number of nitrogens with zero attached hydrogens (tertiary/aromatic N) is 2. The molecule has 2 atom stereocenters. The van der Waals surface area contributed by atoms with E-state index in [0.717, 1.165) is 16.7 Å². The Labute approximate surface area is 251 Å². The van der Waals surface area contributed by atoms with Gasteiger partial charge in [0.2, 0.25) is 0 Å². The van der Waals surface area contributed by atoms with E-state index in [-0.39, 0.29) is 43.9 Å². The number of ether oxygens (including phenoxy) is 5. The summed E-state index contributed by atoms with van der Waals surface area (Å²) in [5, 5.41) is 0. The molecule has 1 saturated heterocycles. The average Bonchev–Trinajstić information content (AvgIpc) is 3.04. The van der Waals surface area contributed by atoms with Gasteiger partial charge in [0.1, 0.15) is 12.4 Å². The standard InChI is InChI=1S/C33H37FN2O7/c1-39-16-6-14-36-28-17-24(9-11-30(28)42-22-32(36)37)21-41-31-19-35(33(38)43-20-23-7-4-3-5-8-23)15-13-26(31)25-10-12-29(40-2)27(34)18-25/h3-5,7-12,17-18,26,31H,6,13-16,19-22H2,1-2H3. The Bertz CT molecular complexity index is 1400. The van der Waals surface area contributed by atoms with Crippen molar-refractivity contribution in [2.24, 2.45) is 0 Å². The molecule has 2 amide bonds. The molecule has 0 bridgehead atoms. The van der Waals surface area contributed by atoms with E-state index in [1.807, 2.05) is 54.6 Å². The summed E-state index contributed by atoms with van der Waals surface area (Å²) in [5.74, 6) is 0.0876. The van der Waals surface area contributed by atoms with Gasteiger partial charge in [-0.25, -0.2) is 9.18 Å². The van der Waals surface area contributed by atoms with Crippen molar-refractivity contribution < 1.29 is 37.7 Å². The molecule has 10 heteroatoms. The summed E-state index contributed by atoms with van der Waals surface area (Å²) in [6.07, 6.45) is 0.405. The summed E-state index contributed by atoms with van der Waals surface area (Å²) in [6, 6.07) is 20.1. The molecule has 0 radical (unpaired) electrons. The minimum absolute atomic E-state index is 0.00574. The Morgan fingerprint density at radius 3 is 2.63 bits per heavy atom. The number of hydrogen-bond acceptors (Lipinski definition) is 7. The number of fused-ring (bicyclic) bond motifs is 1. The fraction of sp³-hybridized carbons (Fsp3) is 0.394. The van der Waals surface area contributed by atoms with Crippen LogP contribution in [0.1, 0.15) is 35.4 Å². The number of methoxy groups -OCH3 is 2. The van der Waals surface area contributed by atoms with E-state index in [4.69, 9.17) is 23.7 Å². The van der Waals surface area contributed by atoms with Gasteiger partial charge in [-0.05, 0) is 53.8 Å². The van der Waals surface area contributed by atoms with Crippen molar-refractivity contribution in [1.82, 2.24) is 4.90 Å². The van der Waals surface area contributed by atoms with E-state index >= 15 is 0 Å². The lowest BCUT2D eigenvalue weighted by molar-refractivity contribution is -0.121. The summed E-state index contributed by atoms with van der Waals surface area (Å²) in [5.41, 5.74) is 3.21. The van der Waals surface area contributed by atoms with Crippen molar-refractivity contribution in [2.45, 2.75) is 38.1 Å². The summed E-state index contributed by atoms with van der Waals surface area (Å²) in [4.78, 5) is 29.0. The van der Waals surface area contributed by atoms with Crippen LogP contribution in [-0.2, 0) is 32.2 Å². The van der Waals surface area contributed by atoms with Crippen LogP contribution in [0.5, 0.6) is 11.5 Å². The highest BCUT2D eigenvalue weighted by Crippen LogP contribution is 2.36. The number of likely N-dealkylation sites (tertiary alicyclic amines) is 1. The van der Waals surface area contributed by atoms with Gasteiger partial charge in [-0.15, -0.1) is 0 Å². The summed E-state index contributed by atoms with van der Waals surface area (Å²) >= 11 is 0. The highest BCUT2D eigenvalue weighted by Gasteiger charge is 2.35. The van der Waals surface area contributed by atoms with Crippen LogP contribution in [0.25, 0.3) is 0 Å². The molecule has 0 N–H and O–H groups in total. The van der Waals surface area contributed by atoms with Gasteiger partial charge in [-0.3, -0.25) is 4.79 Å². The van der Waals surface area contributed by atoms with Crippen molar-refractivity contribution >= 4 is 17.7 Å². The third kappa shape index (κ3) is 7.44. The zero-order chi connectivity index (χ0) is 30.2. The van der Waals surface area contributed by atoms with Crippen LogP contribution in [0.4, 0.5) is 14.9 Å². The topological polar surface area (TPSA) is 86.8 Å². The highest BCUT2D eigenvalue weighted by molar-refractivity contribution is 5.97. The van der Waals surface area contributed by atoms with E-state index in [0.29, 0.717) is 44.0 Å². The lowest BCUT2D eigenvalue weighted by Crippen LogP contribution is -2.47. The molecule has 228 valence electrons. The van der Waals surface area contributed by atoms with Crippen LogP contribution < -0.4 is 14.4 Å². The lowest BCUT2D eigenvalue weighted by Gasteiger charge is -2.38. The number of rotatable bonds is 11. The third-order valence-electron chi connectivity index (χ3n) is 7.79. The third-order valence-corrected chi connectivity index (χ3v) is 7.79. The Hall–Kier alpha value is -4.15. The Morgan fingerprint density at radius 2 is 1.86 bits per heavy atom. The van der Waals surface area contributed by atoms with Crippen molar-refractivity contribution in [1.29, 1.82) is 0 Å². The smallest absolute Gasteiger partial charge is 0.410 e. The Morgan fingerprint density at radius 1 is 1.02 bits per heavy atom. The molecule has 2 heterocycles. The SMILES string of the molecule is COCCCN1C(=O)COc2ccc(COC3CN(C(=O)OCc4ccccc4)CCC3c3ccc(OC)c(F)c3)cc21. The van der Waals surface area contributed by atoms with E-state index in [2.05, 4.69) is 0 Å². The van der Waals surface area contributed by atoms with Gasteiger partial charge in [-0.2, -0.15) is 0 Å². The van der Waals surface area contributed by atoms with Gasteiger partial charge in [0.05, 0.1) is 32.1 Å². The van der Waals surface area contributed by atoms with Crippen molar-refractivity contribution in [2.75, 3.05) is 52.0 Å². The molecule has 1 fully saturated rings. The van der Waals surface area contributed by atoms with Crippen LogP contribution in [0.2, 0.25) is 0 Å². The molecule has 3 aromatic rings. The molecule has 3 aromatic carbocycles. The van der Waals surface area contributed by atoms with Gasteiger partial charge < -0.3 is 33.5 Å². The number of halogens is 1. The minimum atomic E-state index is -0.448. The first kappa shape index (κ1) is 30.3. The number of anilines is 1. The van der Waals surface area contributed by atoms with Crippen LogP contribution in [0.3, 0.4) is 0 Å². The molecule has 5 rings (SSSR count). The molecule has 0 aliphatic carbocycles. The quantitative estimate of drug-likeness (QED) is 0.279. The van der Waals surface area contributed by atoms with Gasteiger partial charge >= 0.3 is 6.09 Å². The molecular formula is C33H37FN2O7. The first-order valence-corrected chi connectivity index (χ1v) is 14.4. The van der Waals surface area contributed by atoms with Crippen LogP contribution >= 0.6 is 0 Å². The molecule has 2 aliphatic heterocycles. The maximum absolute atomic E-state index is 14.7. The fourth-order valence-electron chi connectivity index (χ4n) is 5.51. The summed E-state index contributed by atoms with van der Waals surface area (Å²) in [6.45, 7) is 2.17. The van der Waals surface area contributed by atoms with E-state index < -0.39 is 18.0 Å². The van der Waals surface area contributed by atoms with Crippen molar-refractivity contribution in [3.8, 4) is 11.5 Å². The Balaban J connectivity index is 1.32. The zero-order valence-electron chi connectivity index (χ0n) is 24.5. The first-order valence-electron chi connectivity index (χ1n) is 14.4. The van der Waals surface area contributed by atoms with Gasteiger partial charge in [0.25, 0.3) is 5.91 Å². The van der Waals surface area contributed by atoms with E-state index in [9.17, 15) is 14.0 Å². The zero-order valence-corrected chi connectivity index (χ0v) is 24.5. The molecule has 0 aromatic heterocycles. The number of amides is 2. The van der Waals surface area contributed by atoms with Gasteiger partial charge in [0.15, 0.2) is 18.2 Å². The predicted octanol–water partition coefficient (Wildman–Crippen LogP) is 5.31. The summed E-state index contributed by atoms with van der Waals surface area (Å²) in [7, 11) is 3.06. The molecular weight excluding hydrogens is 555 g/mol. The van der Waals surface area contributed by atoms with Crippen molar-refractivity contribution in [3.63, 3.8) is 0 Å². The molecule has 0 spiro atoms. The molecule has 2 unspecified atom stereocenters. The van der Waals surface area contributed by atoms with E-state index in [1.54, 1.807) is 23.0 Å². The van der Waals surface area contributed by atoms with Gasteiger partial charge in [0, 0.05) is 32.7 Å². The fourth-order valence-corrected chi connectivity index (χ4v) is 5.51.